The summed E-state index contributed by atoms with van der Waals surface area (Å²) in [4.78, 5) is 22.9. The van der Waals surface area contributed by atoms with Crippen molar-refractivity contribution in [1.29, 1.82) is 0 Å². The van der Waals surface area contributed by atoms with Gasteiger partial charge in [0.1, 0.15) is 0 Å². The van der Waals surface area contributed by atoms with E-state index in [1.807, 2.05) is 18.2 Å². The molecule has 2 rings (SSSR count). The Bertz CT molecular complexity index is 557. The van der Waals surface area contributed by atoms with Crippen LogP contribution in [-0.2, 0) is 16.0 Å². The molecule has 5 heteroatoms. The van der Waals surface area contributed by atoms with Gasteiger partial charge < -0.3 is 16.4 Å². The smallest absolute Gasteiger partial charge is 0.220 e. The third kappa shape index (κ3) is 5.58. The number of nitrogens with one attached hydrogen (secondary N) is 2. The zero-order valence-electron chi connectivity index (χ0n) is 13.9. The average Bonchev–Trinajstić information content (AvgIpc) is 2.50. The summed E-state index contributed by atoms with van der Waals surface area (Å²) >= 11 is 0. The molecule has 1 unspecified atom stereocenters. The Morgan fingerprint density at radius 2 is 2.09 bits per heavy atom. The van der Waals surface area contributed by atoms with Crippen LogP contribution in [-0.4, -0.2) is 18.4 Å². The summed E-state index contributed by atoms with van der Waals surface area (Å²) in [5, 5.41) is 5.92. The van der Waals surface area contributed by atoms with E-state index in [-0.39, 0.29) is 17.9 Å². The van der Waals surface area contributed by atoms with E-state index in [2.05, 4.69) is 10.6 Å². The number of rotatable bonds is 7. The van der Waals surface area contributed by atoms with E-state index in [4.69, 9.17) is 5.73 Å². The predicted molar refractivity (Wildman–Crippen MR) is 91.8 cm³/mol. The lowest BCUT2D eigenvalue weighted by atomic mass is 9.87. The molecule has 0 fully saturated rings. The summed E-state index contributed by atoms with van der Waals surface area (Å²) in [6.07, 6.45) is 6.37. The summed E-state index contributed by atoms with van der Waals surface area (Å²) in [6.45, 7) is 2.21. The van der Waals surface area contributed by atoms with Crippen LogP contribution in [0.3, 0.4) is 0 Å². The maximum atomic E-state index is 12.1. The summed E-state index contributed by atoms with van der Waals surface area (Å²) in [7, 11) is 0. The van der Waals surface area contributed by atoms with Crippen LogP contribution in [0.2, 0.25) is 0 Å². The van der Waals surface area contributed by atoms with Crippen molar-refractivity contribution >= 4 is 17.5 Å². The van der Waals surface area contributed by atoms with Gasteiger partial charge in [0, 0.05) is 25.6 Å². The number of anilines is 1. The lowest BCUT2D eigenvalue weighted by molar-refractivity contribution is -0.122. The largest absolute Gasteiger partial charge is 0.399 e. The van der Waals surface area contributed by atoms with Crippen LogP contribution >= 0.6 is 0 Å². The van der Waals surface area contributed by atoms with E-state index < -0.39 is 0 Å². The van der Waals surface area contributed by atoms with E-state index in [0.29, 0.717) is 13.0 Å². The van der Waals surface area contributed by atoms with Gasteiger partial charge in [0.05, 0.1) is 6.04 Å². The van der Waals surface area contributed by atoms with Gasteiger partial charge in [-0.25, -0.2) is 0 Å². The number of unbranched alkanes of at least 4 members (excludes halogenated alkanes) is 2. The van der Waals surface area contributed by atoms with Crippen LogP contribution in [0.4, 0.5) is 5.69 Å². The number of carbonyl (C=O) groups excluding carboxylic acids is 2. The minimum Gasteiger partial charge on any atom is -0.399 e. The van der Waals surface area contributed by atoms with Crippen molar-refractivity contribution in [1.82, 2.24) is 10.6 Å². The molecule has 1 aromatic carbocycles. The Balaban J connectivity index is 1.73. The van der Waals surface area contributed by atoms with Gasteiger partial charge in [0.25, 0.3) is 0 Å². The topological polar surface area (TPSA) is 84.2 Å². The van der Waals surface area contributed by atoms with E-state index in [9.17, 15) is 9.59 Å². The van der Waals surface area contributed by atoms with Crippen molar-refractivity contribution in [2.75, 3.05) is 12.3 Å². The fourth-order valence-electron chi connectivity index (χ4n) is 3.10. The Hall–Kier alpha value is -2.04. The minimum absolute atomic E-state index is 0.000608. The summed E-state index contributed by atoms with van der Waals surface area (Å²) < 4.78 is 0. The Kier molecular flexibility index (Phi) is 6.44. The summed E-state index contributed by atoms with van der Waals surface area (Å²) in [5.74, 6) is 0.110. The highest BCUT2D eigenvalue weighted by atomic mass is 16.2. The summed E-state index contributed by atoms with van der Waals surface area (Å²) in [5.41, 5.74) is 9.10. The molecular formula is C18H27N3O2. The van der Waals surface area contributed by atoms with Crippen LogP contribution in [0.15, 0.2) is 18.2 Å². The third-order valence-electron chi connectivity index (χ3n) is 4.27. The van der Waals surface area contributed by atoms with Gasteiger partial charge in [-0.05, 0) is 55.4 Å². The van der Waals surface area contributed by atoms with E-state index in [1.165, 1.54) is 18.1 Å². The molecule has 0 radical (unpaired) electrons. The fourth-order valence-corrected chi connectivity index (χ4v) is 3.10. The van der Waals surface area contributed by atoms with Crippen molar-refractivity contribution in [2.24, 2.45) is 0 Å². The molecular weight excluding hydrogens is 290 g/mol. The first-order chi connectivity index (χ1) is 11.1. The van der Waals surface area contributed by atoms with Gasteiger partial charge in [0.2, 0.25) is 11.8 Å². The molecule has 23 heavy (non-hydrogen) atoms. The third-order valence-corrected chi connectivity index (χ3v) is 4.27. The SMILES string of the molecule is CC(=O)NCCCCCC(=O)NC1CCCc2cc(N)ccc21. The van der Waals surface area contributed by atoms with Crippen molar-refractivity contribution in [3.63, 3.8) is 0 Å². The van der Waals surface area contributed by atoms with Crippen molar-refractivity contribution < 1.29 is 9.59 Å². The number of nitrogens with two attached hydrogens (primary N) is 1. The van der Waals surface area contributed by atoms with Crippen LogP contribution < -0.4 is 16.4 Å². The Labute approximate surface area is 138 Å². The van der Waals surface area contributed by atoms with E-state index >= 15 is 0 Å². The average molecular weight is 317 g/mol. The van der Waals surface area contributed by atoms with Gasteiger partial charge in [-0.3, -0.25) is 9.59 Å². The molecule has 0 aromatic heterocycles. The number of carbonyl (C=O) groups is 2. The fraction of sp³-hybridized carbons (Fsp3) is 0.556. The molecule has 1 atom stereocenters. The molecule has 0 aliphatic heterocycles. The van der Waals surface area contributed by atoms with Crippen LogP contribution in [0, 0.1) is 0 Å². The summed E-state index contributed by atoms with van der Waals surface area (Å²) in [6, 6.07) is 6.09. The van der Waals surface area contributed by atoms with Crippen molar-refractivity contribution in [2.45, 2.75) is 57.9 Å². The second kappa shape index (κ2) is 8.56. The van der Waals surface area contributed by atoms with Gasteiger partial charge in [-0.1, -0.05) is 12.5 Å². The zero-order chi connectivity index (χ0) is 16.7. The standard InChI is InChI=1S/C18H27N3O2/c1-13(22)20-11-4-2-3-8-18(23)21-17-7-5-6-14-12-15(19)9-10-16(14)17/h9-10,12,17H,2-8,11,19H2,1H3,(H,20,22)(H,21,23). The monoisotopic (exact) mass is 317 g/mol. The number of aryl methyl sites for hydroxylation is 1. The van der Waals surface area contributed by atoms with Gasteiger partial charge in [0.15, 0.2) is 0 Å². The molecule has 0 spiro atoms. The molecule has 0 heterocycles. The Morgan fingerprint density at radius 1 is 1.26 bits per heavy atom. The highest BCUT2D eigenvalue weighted by molar-refractivity contribution is 5.76. The molecule has 1 aliphatic carbocycles. The van der Waals surface area contributed by atoms with E-state index in [1.54, 1.807) is 0 Å². The molecule has 1 aromatic rings. The number of hydrogen-bond donors (Lipinski definition) is 3. The normalized spacial score (nSPS) is 16.5. The van der Waals surface area contributed by atoms with Crippen molar-refractivity contribution in [3.05, 3.63) is 29.3 Å². The first-order valence-corrected chi connectivity index (χ1v) is 8.48. The first-order valence-electron chi connectivity index (χ1n) is 8.48. The number of nitrogen functional groups attached to an aromatic ring is 1. The number of benzene rings is 1. The highest BCUT2D eigenvalue weighted by Crippen LogP contribution is 2.31. The van der Waals surface area contributed by atoms with Crippen LogP contribution in [0.5, 0.6) is 0 Å². The van der Waals surface area contributed by atoms with Crippen LogP contribution in [0.25, 0.3) is 0 Å². The van der Waals surface area contributed by atoms with Crippen molar-refractivity contribution in [3.8, 4) is 0 Å². The lowest BCUT2D eigenvalue weighted by Gasteiger charge is -2.26. The first kappa shape index (κ1) is 17.3. The highest BCUT2D eigenvalue weighted by Gasteiger charge is 2.21. The van der Waals surface area contributed by atoms with Gasteiger partial charge in [-0.15, -0.1) is 0 Å². The number of fused-ring (bicyclic) bond motifs is 1. The Morgan fingerprint density at radius 3 is 2.87 bits per heavy atom. The molecule has 4 N–H and O–H groups in total. The molecule has 0 saturated heterocycles. The molecule has 1 aliphatic rings. The zero-order valence-corrected chi connectivity index (χ0v) is 13.9. The number of amides is 2. The second-order valence-corrected chi connectivity index (χ2v) is 6.26. The minimum atomic E-state index is -0.000608. The second-order valence-electron chi connectivity index (χ2n) is 6.26. The maximum Gasteiger partial charge on any atom is 0.220 e. The molecule has 2 amide bonds. The molecule has 126 valence electrons. The van der Waals surface area contributed by atoms with Crippen LogP contribution in [0.1, 0.15) is 62.6 Å². The lowest BCUT2D eigenvalue weighted by Crippen LogP contribution is -2.30. The molecule has 0 saturated carbocycles. The number of hydrogen-bond acceptors (Lipinski definition) is 3. The van der Waals surface area contributed by atoms with Gasteiger partial charge >= 0.3 is 0 Å². The molecule has 0 bridgehead atoms. The van der Waals surface area contributed by atoms with Gasteiger partial charge in [-0.2, -0.15) is 0 Å². The quantitative estimate of drug-likeness (QED) is 0.533. The molecule has 5 nitrogen and oxygen atoms in total. The maximum absolute atomic E-state index is 12.1. The van der Waals surface area contributed by atoms with E-state index in [0.717, 1.165) is 44.2 Å². The predicted octanol–water partition coefficient (Wildman–Crippen LogP) is 2.46.